The van der Waals surface area contributed by atoms with E-state index in [9.17, 15) is 18.0 Å². The highest BCUT2D eigenvalue weighted by molar-refractivity contribution is 5.59. The molecule has 0 amide bonds. The smallest absolute Gasteiger partial charge is 0.319 e. The predicted octanol–water partition coefficient (Wildman–Crippen LogP) is 2.83. The van der Waals surface area contributed by atoms with Gasteiger partial charge in [-0.3, -0.25) is 9.48 Å². The Bertz CT molecular complexity index is 641. The topological polar surface area (TPSA) is 39.8 Å². The van der Waals surface area contributed by atoms with Crippen molar-refractivity contribution in [2.45, 2.75) is 20.0 Å². The van der Waals surface area contributed by atoms with Gasteiger partial charge in [-0.2, -0.15) is 18.3 Å². The molecule has 0 aliphatic carbocycles. The number of alkyl halides is 3. The van der Waals surface area contributed by atoms with Gasteiger partial charge < -0.3 is 4.57 Å². The molecule has 0 aliphatic rings. The SMILES string of the molecule is CC.Cn1nc(C(F)(F)F)cc1-c1ccn(C)c(=O)c1. The zero-order chi connectivity index (χ0) is 15.5. The molecule has 2 heterocycles. The van der Waals surface area contributed by atoms with Gasteiger partial charge in [0.2, 0.25) is 0 Å². The van der Waals surface area contributed by atoms with Gasteiger partial charge in [0.1, 0.15) is 0 Å². The maximum absolute atomic E-state index is 12.5. The summed E-state index contributed by atoms with van der Waals surface area (Å²) < 4.78 is 39.9. The van der Waals surface area contributed by atoms with Gasteiger partial charge in [0, 0.05) is 31.9 Å². The highest BCUT2D eigenvalue weighted by atomic mass is 19.4. The summed E-state index contributed by atoms with van der Waals surface area (Å²) in [6.07, 6.45) is -2.99. The average molecular weight is 287 g/mol. The molecule has 0 bridgehead atoms. The molecular weight excluding hydrogens is 271 g/mol. The lowest BCUT2D eigenvalue weighted by Gasteiger charge is -2.02. The van der Waals surface area contributed by atoms with Crippen LogP contribution in [0, 0.1) is 0 Å². The summed E-state index contributed by atoms with van der Waals surface area (Å²) in [5.41, 5.74) is -0.605. The Balaban J connectivity index is 0.000000956. The van der Waals surface area contributed by atoms with Crippen LogP contribution >= 0.6 is 0 Å². The number of aromatic nitrogens is 3. The molecule has 0 radical (unpaired) electrons. The van der Waals surface area contributed by atoms with Crippen LogP contribution in [0.15, 0.2) is 29.2 Å². The zero-order valence-corrected chi connectivity index (χ0v) is 11.7. The highest BCUT2D eigenvalue weighted by Gasteiger charge is 2.34. The molecule has 0 unspecified atom stereocenters. The first kappa shape index (κ1) is 16.0. The Morgan fingerprint density at radius 1 is 1.15 bits per heavy atom. The lowest BCUT2D eigenvalue weighted by atomic mass is 10.2. The van der Waals surface area contributed by atoms with Crippen LogP contribution in [-0.2, 0) is 20.3 Å². The van der Waals surface area contributed by atoms with Gasteiger partial charge in [-0.1, -0.05) is 13.8 Å². The number of halogens is 3. The molecule has 2 aromatic rings. The maximum Gasteiger partial charge on any atom is 0.435 e. The van der Waals surface area contributed by atoms with Crippen LogP contribution in [-0.4, -0.2) is 14.3 Å². The lowest BCUT2D eigenvalue weighted by molar-refractivity contribution is -0.141. The second kappa shape index (κ2) is 5.94. The van der Waals surface area contributed by atoms with E-state index in [2.05, 4.69) is 5.10 Å². The van der Waals surface area contributed by atoms with Gasteiger partial charge in [0.15, 0.2) is 5.69 Å². The first-order valence-corrected chi connectivity index (χ1v) is 6.07. The van der Waals surface area contributed by atoms with E-state index in [4.69, 9.17) is 0 Å². The Morgan fingerprint density at radius 2 is 1.75 bits per heavy atom. The van der Waals surface area contributed by atoms with E-state index in [1.165, 1.54) is 23.9 Å². The van der Waals surface area contributed by atoms with E-state index < -0.39 is 11.9 Å². The fraction of sp³-hybridized carbons (Fsp3) is 0.385. The minimum Gasteiger partial charge on any atom is -0.319 e. The minimum atomic E-state index is -4.49. The molecular formula is C13H16F3N3O. The summed E-state index contributed by atoms with van der Waals surface area (Å²) in [6, 6.07) is 3.77. The zero-order valence-electron chi connectivity index (χ0n) is 11.7. The summed E-state index contributed by atoms with van der Waals surface area (Å²) >= 11 is 0. The number of hydrogen-bond acceptors (Lipinski definition) is 2. The number of hydrogen-bond donors (Lipinski definition) is 0. The van der Waals surface area contributed by atoms with E-state index >= 15 is 0 Å². The van der Waals surface area contributed by atoms with Crippen molar-refractivity contribution < 1.29 is 13.2 Å². The first-order chi connectivity index (χ1) is 9.29. The minimum absolute atomic E-state index is 0.250. The second-order valence-electron chi connectivity index (χ2n) is 3.90. The van der Waals surface area contributed by atoms with Gasteiger partial charge in [-0.05, 0) is 12.1 Å². The molecule has 0 aliphatic heterocycles. The van der Waals surface area contributed by atoms with Crippen molar-refractivity contribution >= 4 is 0 Å². The first-order valence-electron chi connectivity index (χ1n) is 6.07. The van der Waals surface area contributed by atoms with Crippen LogP contribution in [0.5, 0.6) is 0 Å². The summed E-state index contributed by atoms with van der Waals surface area (Å²) in [5.74, 6) is 0. The fourth-order valence-corrected chi connectivity index (χ4v) is 1.58. The molecule has 2 rings (SSSR count). The third kappa shape index (κ3) is 3.28. The van der Waals surface area contributed by atoms with Crippen LogP contribution in [0.25, 0.3) is 11.3 Å². The third-order valence-electron chi connectivity index (χ3n) is 2.57. The summed E-state index contributed by atoms with van der Waals surface area (Å²) in [6.45, 7) is 4.00. The van der Waals surface area contributed by atoms with Gasteiger partial charge in [-0.25, -0.2) is 0 Å². The average Bonchev–Trinajstić information content (AvgIpc) is 2.77. The largest absolute Gasteiger partial charge is 0.435 e. The molecule has 20 heavy (non-hydrogen) atoms. The summed E-state index contributed by atoms with van der Waals surface area (Å²) in [7, 11) is 2.97. The van der Waals surface area contributed by atoms with Crippen molar-refractivity contribution in [3.8, 4) is 11.3 Å². The van der Waals surface area contributed by atoms with Gasteiger partial charge in [0.25, 0.3) is 5.56 Å². The molecule has 4 nitrogen and oxygen atoms in total. The van der Waals surface area contributed by atoms with Crippen LogP contribution in [0.3, 0.4) is 0 Å². The standard InChI is InChI=1S/C11H10F3N3O.C2H6/c1-16-4-3-7(5-10(16)18)8-6-9(11(12,13)14)15-17(8)2;1-2/h3-6H,1-2H3;1-2H3. The Labute approximate surface area is 114 Å². The molecule has 2 aromatic heterocycles. The molecule has 0 N–H and O–H groups in total. The fourth-order valence-electron chi connectivity index (χ4n) is 1.58. The Hall–Kier alpha value is -2.05. The van der Waals surface area contributed by atoms with E-state index in [0.29, 0.717) is 5.56 Å². The lowest BCUT2D eigenvalue weighted by Crippen LogP contribution is -2.14. The monoisotopic (exact) mass is 287 g/mol. The van der Waals surface area contributed by atoms with E-state index in [0.717, 1.165) is 10.7 Å². The molecule has 0 saturated carbocycles. The summed E-state index contributed by atoms with van der Waals surface area (Å²) in [4.78, 5) is 11.4. The number of rotatable bonds is 1. The molecule has 0 aromatic carbocycles. The van der Waals surface area contributed by atoms with E-state index in [1.807, 2.05) is 13.8 Å². The van der Waals surface area contributed by atoms with Crippen molar-refractivity contribution in [2.24, 2.45) is 14.1 Å². The number of nitrogens with zero attached hydrogens (tertiary/aromatic N) is 3. The van der Waals surface area contributed by atoms with Crippen LogP contribution in [0.4, 0.5) is 13.2 Å². The highest BCUT2D eigenvalue weighted by Crippen LogP contribution is 2.30. The molecule has 7 heteroatoms. The van der Waals surface area contributed by atoms with Gasteiger partial charge in [0.05, 0.1) is 5.69 Å². The van der Waals surface area contributed by atoms with E-state index in [-0.39, 0.29) is 11.3 Å². The van der Waals surface area contributed by atoms with Crippen LogP contribution < -0.4 is 5.56 Å². The van der Waals surface area contributed by atoms with Crippen molar-refractivity contribution in [3.05, 3.63) is 40.4 Å². The van der Waals surface area contributed by atoms with Crippen molar-refractivity contribution in [3.63, 3.8) is 0 Å². The third-order valence-corrected chi connectivity index (χ3v) is 2.57. The Kier molecular flexibility index (Phi) is 4.75. The number of aryl methyl sites for hydroxylation is 2. The normalized spacial score (nSPS) is 10.9. The summed E-state index contributed by atoms with van der Waals surface area (Å²) in [5, 5.41) is 3.39. The van der Waals surface area contributed by atoms with Gasteiger partial charge in [-0.15, -0.1) is 0 Å². The number of pyridine rings is 1. The maximum atomic E-state index is 12.5. The molecule has 0 saturated heterocycles. The van der Waals surface area contributed by atoms with Crippen LogP contribution in [0.2, 0.25) is 0 Å². The molecule has 0 atom stereocenters. The van der Waals surface area contributed by atoms with Crippen LogP contribution in [0.1, 0.15) is 19.5 Å². The predicted molar refractivity (Wildman–Crippen MR) is 70.2 cm³/mol. The van der Waals surface area contributed by atoms with Crippen molar-refractivity contribution in [2.75, 3.05) is 0 Å². The van der Waals surface area contributed by atoms with Gasteiger partial charge >= 0.3 is 6.18 Å². The molecule has 0 fully saturated rings. The van der Waals surface area contributed by atoms with Crippen molar-refractivity contribution in [1.29, 1.82) is 0 Å². The molecule has 0 spiro atoms. The van der Waals surface area contributed by atoms with Crippen molar-refractivity contribution in [1.82, 2.24) is 14.3 Å². The molecule has 110 valence electrons. The Morgan fingerprint density at radius 3 is 2.20 bits per heavy atom. The quantitative estimate of drug-likeness (QED) is 0.809. The second-order valence-corrected chi connectivity index (χ2v) is 3.90. The van der Waals surface area contributed by atoms with E-state index in [1.54, 1.807) is 13.1 Å².